The van der Waals surface area contributed by atoms with Crippen LogP contribution in [0.15, 0.2) is 47.4 Å². The number of piperazine rings is 1. The van der Waals surface area contributed by atoms with Crippen molar-refractivity contribution in [1.82, 2.24) is 9.21 Å². The molecule has 2 aromatic rings. The molecule has 2 aliphatic rings. The lowest BCUT2D eigenvalue weighted by Gasteiger charge is -2.36. The average Bonchev–Trinajstić information content (AvgIpc) is 3.38. The second-order valence-electron chi connectivity index (χ2n) is 8.49. The van der Waals surface area contributed by atoms with Gasteiger partial charge in [-0.15, -0.1) is 0 Å². The minimum Gasteiger partial charge on any atom is -0.477 e. The van der Waals surface area contributed by atoms with Crippen LogP contribution < -0.4 is 9.64 Å². The number of aryl methyl sites for hydroxylation is 1. The number of hydrogen-bond donors (Lipinski definition) is 0. The number of nitro benzene ring substituents is 1. The number of ether oxygens (including phenoxy) is 1. The van der Waals surface area contributed by atoms with Crippen LogP contribution in [0.4, 0.5) is 11.4 Å². The molecular weight excluding hydrogens is 460 g/mol. The van der Waals surface area contributed by atoms with Gasteiger partial charge >= 0.3 is 5.69 Å². The molecule has 0 radical (unpaired) electrons. The molecule has 0 aromatic heterocycles. The first-order valence-corrected chi connectivity index (χ1v) is 12.7. The van der Waals surface area contributed by atoms with Crippen LogP contribution in [-0.2, 0) is 14.8 Å². The second kappa shape index (κ2) is 9.98. The summed E-state index contributed by atoms with van der Waals surface area (Å²) in [7, 11) is -3.80. The van der Waals surface area contributed by atoms with Crippen molar-refractivity contribution in [2.75, 3.05) is 50.8 Å². The van der Waals surface area contributed by atoms with Crippen molar-refractivity contribution < 1.29 is 22.9 Å². The second-order valence-corrected chi connectivity index (χ2v) is 10.4. The predicted octanol–water partition coefficient (Wildman–Crippen LogP) is 2.42. The van der Waals surface area contributed by atoms with Crippen LogP contribution in [0.3, 0.4) is 0 Å². The molecule has 2 aliphatic heterocycles. The quantitative estimate of drug-likeness (QED) is 0.434. The molecule has 182 valence electrons. The third-order valence-corrected chi connectivity index (χ3v) is 8.07. The number of sulfonamides is 1. The molecule has 34 heavy (non-hydrogen) atoms. The summed E-state index contributed by atoms with van der Waals surface area (Å²) in [6, 6.07) is 11.7. The van der Waals surface area contributed by atoms with Gasteiger partial charge in [0.25, 0.3) is 5.91 Å². The third-order valence-electron chi connectivity index (χ3n) is 6.18. The van der Waals surface area contributed by atoms with Gasteiger partial charge in [-0.25, -0.2) is 8.42 Å². The van der Waals surface area contributed by atoms with E-state index in [2.05, 4.69) is 11.0 Å². The van der Waals surface area contributed by atoms with Crippen LogP contribution in [-0.4, -0.2) is 74.3 Å². The minimum absolute atomic E-state index is 0.128. The molecule has 0 atom stereocenters. The Kier molecular flexibility index (Phi) is 7.03. The van der Waals surface area contributed by atoms with Gasteiger partial charge in [0.2, 0.25) is 10.0 Å². The highest BCUT2D eigenvalue weighted by atomic mass is 32.2. The van der Waals surface area contributed by atoms with Gasteiger partial charge in [-0.3, -0.25) is 14.9 Å². The summed E-state index contributed by atoms with van der Waals surface area (Å²) < 4.78 is 32.3. The molecule has 2 aromatic carbocycles. The Morgan fingerprint density at radius 3 is 2.38 bits per heavy atom. The van der Waals surface area contributed by atoms with Gasteiger partial charge in [0.05, 0.1) is 9.82 Å². The number of nitrogens with zero attached hydrogens (tertiary/aromatic N) is 4. The van der Waals surface area contributed by atoms with Gasteiger partial charge in [-0.05, 0) is 49.6 Å². The topological polar surface area (TPSA) is 113 Å². The Bertz CT molecular complexity index is 1170. The van der Waals surface area contributed by atoms with E-state index in [0.29, 0.717) is 39.3 Å². The molecular formula is C23H28N4O6S. The average molecular weight is 489 g/mol. The minimum atomic E-state index is -3.80. The molecule has 11 heteroatoms. The van der Waals surface area contributed by atoms with Gasteiger partial charge in [0.1, 0.15) is 0 Å². The Morgan fingerprint density at radius 1 is 1.03 bits per heavy atom. The molecule has 0 saturated carbocycles. The predicted molar refractivity (Wildman–Crippen MR) is 127 cm³/mol. The summed E-state index contributed by atoms with van der Waals surface area (Å²) in [4.78, 5) is 27.3. The zero-order valence-corrected chi connectivity index (χ0v) is 19.9. The number of amides is 1. The standard InChI is InChI=1S/C23H28N4O6S/c1-18-5-4-6-19(15-18)24-11-13-25(14-12-24)23(28)17-33-22-8-7-20(16-21(22)27(29)30)34(31,32)26-9-2-3-10-26/h4-8,15-16H,2-3,9-14,17H2,1H3. The van der Waals surface area contributed by atoms with Crippen LogP contribution in [0.5, 0.6) is 5.75 Å². The van der Waals surface area contributed by atoms with E-state index in [1.54, 1.807) is 4.90 Å². The first-order chi connectivity index (χ1) is 16.3. The summed E-state index contributed by atoms with van der Waals surface area (Å²) in [5, 5.41) is 11.6. The largest absolute Gasteiger partial charge is 0.477 e. The first kappa shape index (κ1) is 24.0. The Balaban J connectivity index is 1.38. The van der Waals surface area contributed by atoms with E-state index >= 15 is 0 Å². The Labute approximate surface area is 198 Å². The van der Waals surface area contributed by atoms with Gasteiger partial charge in [-0.1, -0.05) is 12.1 Å². The summed E-state index contributed by atoms with van der Waals surface area (Å²) in [6.45, 7) is 4.88. The highest BCUT2D eigenvalue weighted by Gasteiger charge is 2.30. The molecule has 2 fully saturated rings. The summed E-state index contributed by atoms with van der Waals surface area (Å²) in [5.74, 6) is -0.399. The zero-order valence-electron chi connectivity index (χ0n) is 19.1. The van der Waals surface area contributed by atoms with Crippen molar-refractivity contribution >= 4 is 27.3 Å². The zero-order chi connectivity index (χ0) is 24.3. The van der Waals surface area contributed by atoms with Gasteiger partial charge in [-0.2, -0.15) is 4.31 Å². The van der Waals surface area contributed by atoms with Crippen molar-refractivity contribution in [2.45, 2.75) is 24.7 Å². The summed E-state index contributed by atoms with van der Waals surface area (Å²) in [5.41, 5.74) is 1.81. The van der Waals surface area contributed by atoms with E-state index in [9.17, 15) is 23.3 Å². The molecule has 0 bridgehead atoms. The van der Waals surface area contributed by atoms with Crippen LogP contribution in [0.1, 0.15) is 18.4 Å². The highest BCUT2D eigenvalue weighted by Crippen LogP contribution is 2.32. The molecule has 2 heterocycles. The van der Waals surface area contributed by atoms with E-state index in [0.717, 1.165) is 24.6 Å². The molecule has 4 rings (SSSR count). The fourth-order valence-electron chi connectivity index (χ4n) is 4.27. The first-order valence-electron chi connectivity index (χ1n) is 11.3. The van der Waals surface area contributed by atoms with E-state index in [1.165, 1.54) is 22.0 Å². The van der Waals surface area contributed by atoms with Crippen LogP contribution >= 0.6 is 0 Å². The van der Waals surface area contributed by atoms with Crippen molar-refractivity contribution in [3.63, 3.8) is 0 Å². The molecule has 2 saturated heterocycles. The maximum absolute atomic E-state index is 12.7. The van der Waals surface area contributed by atoms with E-state index in [4.69, 9.17) is 4.74 Å². The lowest BCUT2D eigenvalue weighted by Crippen LogP contribution is -2.50. The lowest BCUT2D eigenvalue weighted by molar-refractivity contribution is -0.386. The monoisotopic (exact) mass is 488 g/mol. The van der Waals surface area contributed by atoms with Gasteiger partial charge in [0.15, 0.2) is 12.4 Å². The van der Waals surface area contributed by atoms with Gasteiger partial charge < -0.3 is 14.5 Å². The highest BCUT2D eigenvalue weighted by molar-refractivity contribution is 7.89. The SMILES string of the molecule is Cc1cccc(N2CCN(C(=O)COc3ccc(S(=O)(=O)N4CCCC4)cc3[N+](=O)[O-])CC2)c1. The van der Waals surface area contributed by atoms with E-state index < -0.39 is 20.6 Å². The molecule has 0 spiro atoms. The number of benzene rings is 2. The number of hydrogen-bond acceptors (Lipinski definition) is 7. The van der Waals surface area contributed by atoms with Crippen molar-refractivity contribution in [2.24, 2.45) is 0 Å². The molecule has 1 amide bonds. The maximum Gasteiger partial charge on any atom is 0.312 e. The Morgan fingerprint density at radius 2 is 1.74 bits per heavy atom. The summed E-state index contributed by atoms with van der Waals surface area (Å²) in [6.07, 6.45) is 1.54. The molecule has 0 N–H and O–H groups in total. The third kappa shape index (κ3) is 5.15. The maximum atomic E-state index is 12.7. The molecule has 10 nitrogen and oxygen atoms in total. The van der Waals surface area contributed by atoms with Crippen molar-refractivity contribution in [3.05, 3.63) is 58.1 Å². The van der Waals surface area contributed by atoms with Crippen molar-refractivity contribution in [3.8, 4) is 5.75 Å². The van der Waals surface area contributed by atoms with E-state index in [-0.39, 0.29) is 23.2 Å². The number of anilines is 1. The fourth-order valence-corrected chi connectivity index (χ4v) is 5.81. The Hall–Kier alpha value is -3.18. The molecule has 0 unspecified atom stereocenters. The number of carbonyl (C=O) groups excluding carboxylic acids is 1. The number of nitro groups is 1. The lowest BCUT2D eigenvalue weighted by atomic mass is 10.2. The number of carbonyl (C=O) groups is 1. The smallest absolute Gasteiger partial charge is 0.312 e. The van der Waals surface area contributed by atoms with Gasteiger partial charge in [0, 0.05) is 51.0 Å². The summed E-state index contributed by atoms with van der Waals surface area (Å²) >= 11 is 0. The van der Waals surface area contributed by atoms with Crippen LogP contribution in [0.25, 0.3) is 0 Å². The molecule has 0 aliphatic carbocycles. The fraction of sp³-hybridized carbons (Fsp3) is 0.435. The van der Waals surface area contributed by atoms with Crippen LogP contribution in [0, 0.1) is 17.0 Å². The van der Waals surface area contributed by atoms with E-state index in [1.807, 2.05) is 25.1 Å². The number of rotatable bonds is 7. The van der Waals surface area contributed by atoms with Crippen molar-refractivity contribution in [1.29, 1.82) is 0 Å². The normalized spacial score (nSPS) is 17.1. The van der Waals surface area contributed by atoms with Crippen LogP contribution in [0.2, 0.25) is 0 Å².